The number of rotatable bonds is 8. The predicted molar refractivity (Wildman–Crippen MR) is 76.2 cm³/mol. The van der Waals surface area contributed by atoms with Crippen LogP contribution in [0.4, 0.5) is 0 Å². The van der Waals surface area contributed by atoms with Crippen LogP contribution in [-0.4, -0.2) is 37.5 Å². The predicted octanol–water partition coefficient (Wildman–Crippen LogP) is 1.73. The molecule has 1 aromatic carbocycles. The topological polar surface area (TPSA) is 86.3 Å². The molecule has 1 aromatic rings. The molecule has 0 aromatic heterocycles. The molecule has 1 atom stereocenters. The zero-order valence-electron chi connectivity index (χ0n) is 12.1. The molecule has 0 aliphatic rings. The third-order valence-corrected chi connectivity index (χ3v) is 2.74. The van der Waals surface area contributed by atoms with Crippen LogP contribution >= 0.6 is 0 Å². The van der Waals surface area contributed by atoms with Crippen molar-refractivity contribution >= 4 is 5.84 Å². The highest BCUT2D eigenvalue weighted by Gasteiger charge is 2.10. The zero-order chi connectivity index (χ0) is 15.0. The summed E-state index contributed by atoms with van der Waals surface area (Å²) in [7, 11) is 1.53. The fourth-order valence-corrected chi connectivity index (χ4v) is 1.66. The molecule has 1 rings (SSSR count). The number of benzene rings is 1. The van der Waals surface area contributed by atoms with Gasteiger partial charge < -0.3 is 25.2 Å². The maximum absolute atomic E-state index is 8.70. The van der Waals surface area contributed by atoms with E-state index >= 15 is 0 Å². The van der Waals surface area contributed by atoms with E-state index in [2.05, 4.69) is 5.16 Å². The summed E-state index contributed by atoms with van der Waals surface area (Å²) in [6.45, 7) is 5.59. The van der Waals surface area contributed by atoms with E-state index < -0.39 is 0 Å². The molecule has 0 saturated carbocycles. The average Bonchev–Trinajstić information content (AvgIpc) is 2.49. The molecular weight excluding hydrogens is 260 g/mol. The third-order valence-electron chi connectivity index (χ3n) is 2.74. The van der Waals surface area contributed by atoms with Crippen molar-refractivity contribution in [1.29, 1.82) is 0 Å². The van der Waals surface area contributed by atoms with Crippen LogP contribution in [0.1, 0.15) is 25.0 Å². The van der Waals surface area contributed by atoms with Gasteiger partial charge in [-0.05, 0) is 31.5 Å². The van der Waals surface area contributed by atoms with Gasteiger partial charge in [-0.2, -0.15) is 0 Å². The molecule has 6 heteroatoms. The number of hydrogen-bond acceptors (Lipinski definition) is 5. The lowest BCUT2D eigenvalue weighted by atomic mass is 10.1. The Labute approximate surface area is 119 Å². The maximum atomic E-state index is 8.70. The Kier molecular flexibility index (Phi) is 6.83. The van der Waals surface area contributed by atoms with Crippen LogP contribution in [0.2, 0.25) is 0 Å². The first-order valence-corrected chi connectivity index (χ1v) is 6.46. The number of nitrogens with zero attached hydrogens (tertiary/aromatic N) is 1. The van der Waals surface area contributed by atoms with Crippen molar-refractivity contribution in [3.05, 3.63) is 29.3 Å². The molecule has 0 bridgehead atoms. The van der Waals surface area contributed by atoms with Crippen molar-refractivity contribution in [2.24, 2.45) is 10.9 Å². The lowest BCUT2D eigenvalue weighted by Crippen LogP contribution is -2.16. The molecule has 0 aliphatic heterocycles. The van der Waals surface area contributed by atoms with Gasteiger partial charge in [-0.25, -0.2) is 0 Å². The van der Waals surface area contributed by atoms with Crippen LogP contribution < -0.4 is 10.5 Å². The van der Waals surface area contributed by atoms with Crippen LogP contribution in [0.15, 0.2) is 23.4 Å². The maximum Gasteiger partial charge on any atom is 0.173 e. The second-order valence-corrected chi connectivity index (χ2v) is 4.30. The monoisotopic (exact) mass is 282 g/mol. The molecule has 0 aliphatic carbocycles. The lowest BCUT2D eigenvalue weighted by Gasteiger charge is -2.14. The van der Waals surface area contributed by atoms with E-state index in [1.807, 2.05) is 19.9 Å². The molecule has 112 valence electrons. The van der Waals surface area contributed by atoms with E-state index in [0.717, 1.165) is 5.56 Å². The van der Waals surface area contributed by atoms with Gasteiger partial charge in [-0.3, -0.25) is 0 Å². The minimum atomic E-state index is 0.0130. The molecule has 0 saturated heterocycles. The highest BCUT2D eigenvalue weighted by molar-refractivity contribution is 5.99. The standard InChI is InChI=1S/C14H22N2O4/c1-4-19-8-10(2)20-9-11-5-6-12(14(15)16-17)13(7-11)18-3/h5-7,10,17H,4,8-9H2,1-3H3,(H2,15,16). The normalized spacial score (nSPS) is 13.2. The quantitative estimate of drug-likeness (QED) is 0.328. The molecule has 0 spiro atoms. The summed E-state index contributed by atoms with van der Waals surface area (Å²) in [5.41, 5.74) is 7.06. The fourth-order valence-electron chi connectivity index (χ4n) is 1.66. The molecular formula is C14H22N2O4. The molecule has 20 heavy (non-hydrogen) atoms. The van der Waals surface area contributed by atoms with E-state index in [1.165, 1.54) is 7.11 Å². The second kappa shape index (κ2) is 8.39. The number of amidine groups is 1. The molecule has 3 N–H and O–H groups in total. The van der Waals surface area contributed by atoms with Crippen molar-refractivity contribution in [2.75, 3.05) is 20.3 Å². The number of hydrogen-bond donors (Lipinski definition) is 2. The minimum absolute atomic E-state index is 0.0130. The minimum Gasteiger partial charge on any atom is -0.496 e. The smallest absolute Gasteiger partial charge is 0.173 e. The average molecular weight is 282 g/mol. The zero-order valence-corrected chi connectivity index (χ0v) is 12.1. The highest BCUT2D eigenvalue weighted by Crippen LogP contribution is 2.20. The summed E-state index contributed by atoms with van der Waals surface area (Å²) in [5, 5.41) is 11.7. The van der Waals surface area contributed by atoms with Gasteiger partial charge in [0.15, 0.2) is 5.84 Å². The van der Waals surface area contributed by atoms with Crippen molar-refractivity contribution in [3.63, 3.8) is 0 Å². The Balaban J connectivity index is 2.69. The Morgan fingerprint density at radius 1 is 1.45 bits per heavy atom. The van der Waals surface area contributed by atoms with Gasteiger partial charge in [-0.1, -0.05) is 11.2 Å². The van der Waals surface area contributed by atoms with Gasteiger partial charge in [0.25, 0.3) is 0 Å². The van der Waals surface area contributed by atoms with Gasteiger partial charge in [0.1, 0.15) is 5.75 Å². The molecule has 0 fully saturated rings. The number of ether oxygens (including phenoxy) is 3. The summed E-state index contributed by atoms with van der Waals surface area (Å²) in [6, 6.07) is 5.39. The fraction of sp³-hybridized carbons (Fsp3) is 0.500. The Morgan fingerprint density at radius 3 is 2.80 bits per heavy atom. The Hall–Kier alpha value is -1.79. The summed E-state index contributed by atoms with van der Waals surface area (Å²) in [5.74, 6) is 0.554. The van der Waals surface area contributed by atoms with Crippen molar-refractivity contribution in [1.82, 2.24) is 0 Å². The van der Waals surface area contributed by atoms with Crippen molar-refractivity contribution < 1.29 is 19.4 Å². The summed E-state index contributed by atoms with van der Waals surface area (Å²) in [6.07, 6.45) is 0.0182. The van der Waals surface area contributed by atoms with Crippen molar-refractivity contribution in [2.45, 2.75) is 26.6 Å². The van der Waals surface area contributed by atoms with Crippen LogP contribution in [0.25, 0.3) is 0 Å². The SMILES string of the molecule is CCOCC(C)OCc1ccc(/C(N)=N/O)c(OC)c1. The number of nitrogens with two attached hydrogens (primary N) is 1. The highest BCUT2D eigenvalue weighted by atomic mass is 16.5. The Morgan fingerprint density at radius 2 is 2.20 bits per heavy atom. The van der Waals surface area contributed by atoms with Gasteiger partial charge in [0.05, 0.1) is 32.0 Å². The van der Waals surface area contributed by atoms with Gasteiger partial charge in [0.2, 0.25) is 0 Å². The summed E-state index contributed by atoms with van der Waals surface area (Å²) in [4.78, 5) is 0. The van der Waals surface area contributed by atoms with E-state index in [4.69, 9.17) is 25.2 Å². The second-order valence-electron chi connectivity index (χ2n) is 4.30. The largest absolute Gasteiger partial charge is 0.496 e. The van der Waals surface area contributed by atoms with E-state index in [-0.39, 0.29) is 11.9 Å². The lowest BCUT2D eigenvalue weighted by molar-refractivity contribution is -0.0117. The van der Waals surface area contributed by atoms with Crippen LogP contribution in [0.3, 0.4) is 0 Å². The van der Waals surface area contributed by atoms with Crippen LogP contribution in [0, 0.1) is 0 Å². The molecule has 0 heterocycles. The first-order valence-electron chi connectivity index (χ1n) is 6.46. The summed E-state index contributed by atoms with van der Waals surface area (Å²) >= 11 is 0. The van der Waals surface area contributed by atoms with Gasteiger partial charge >= 0.3 is 0 Å². The number of oxime groups is 1. The van der Waals surface area contributed by atoms with E-state index in [1.54, 1.807) is 12.1 Å². The van der Waals surface area contributed by atoms with Gasteiger partial charge in [0, 0.05) is 6.61 Å². The van der Waals surface area contributed by atoms with E-state index in [0.29, 0.717) is 31.1 Å². The third kappa shape index (κ3) is 4.71. The van der Waals surface area contributed by atoms with Gasteiger partial charge in [-0.15, -0.1) is 0 Å². The molecule has 0 amide bonds. The molecule has 6 nitrogen and oxygen atoms in total. The van der Waals surface area contributed by atoms with Crippen molar-refractivity contribution in [3.8, 4) is 5.75 Å². The molecule has 1 unspecified atom stereocenters. The molecule has 0 radical (unpaired) electrons. The summed E-state index contributed by atoms with van der Waals surface area (Å²) < 4.78 is 16.2. The first-order chi connectivity index (χ1) is 9.62. The number of methoxy groups -OCH3 is 1. The Bertz CT molecular complexity index is 449. The van der Waals surface area contributed by atoms with E-state index in [9.17, 15) is 0 Å². The first kappa shape index (κ1) is 16.3. The van der Waals surface area contributed by atoms with Crippen LogP contribution in [0.5, 0.6) is 5.75 Å². The van der Waals surface area contributed by atoms with Crippen LogP contribution in [-0.2, 0) is 16.1 Å².